The highest BCUT2D eigenvalue weighted by atomic mass is 19.4. The van der Waals surface area contributed by atoms with Crippen molar-refractivity contribution >= 4 is 29.4 Å². The lowest BCUT2D eigenvalue weighted by molar-refractivity contribution is -0.158. The molecule has 1 amide bonds. The number of alkyl halides is 6. The summed E-state index contributed by atoms with van der Waals surface area (Å²) in [7, 11) is 0. The van der Waals surface area contributed by atoms with Crippen LogP contribution >= 0.6 is 0 Å². The van der Waals surface area contributed by atoms with Crippen LogP contribution in [0.4, 0.5) is 38.2 Å². The molecule has 0 spiro atoms. The van der Waals surface area contributed by atoms with Crippen molar-refractivity contribution in [2.45, 2.75) is 145 Å². The van der Waals surface area contributed by atoms with E-state index < -0.39 is 78.5 Å². The van der Waals surface area contributed by atoms with Crippen molar-refractivity contribution in [3.05, 3.63) is 35.9 Å². The lowest BCUT2D eigenvalue weighted by Gasteiger charge is -2.40. The number of aromatic nitrogens is 4. The van der Waals surface area contributed by atoms with E-state index in [4.69, 9.17) is 18.9 Å². The fourth-order valence-corrected chi connectivity index (χ4v) is 9.60. The van der Waals surface area contributed by atoms with Crippen LogP contribution in [0.1, 0.15) is 88.9 Å². The monoisotopic (exact) mass is 977 g/mol. The van der Waals surface area contributed by atoms with Crippen LogP contribution in [0, 0.1) is 23.7 Å². The summed E-state index contributed by atoms with van der Waals surface area (Å²) in [6, 6.07) is -0.999. The Morgan fingerprint density at radius 2 is 1.12 bits per heavy atom. The van der Waals surface area contributed by atoms with Crippen LogP contribution in [-0.4, -0.2) is 152 Å². The molecule has 7 N–H and O–H groups in total. The Morgan fingerprint density at radius 1 is 0.691 bits per heavy atom. The maximum atomic E-state index is 13.1. The zero-order valence-corrected chi connectivity index (χ0v) is 37.5. The number of aliphatic hydroxyl groups is 4. The summed E-state index contributed by atoms with van der Waals surface area (Å²) in [5.74, 6) is -1.27. The molecule has 2 aromatic heterocycles. The Labute approximate surface area is 388 Å². The summed E-state index contributed by atoms with van der Waals surface area (Å²) in [5, 5.41) is 51.5. The van der Waals surface area contributed by atoms with Crippen LogP contribution in [0.15, 0.2) is 24.5 Å². The first kappa shape index (κ1) is 53.2. The highest BCUT2D eigenvalue weighted by molar-refractivity contribution is 5.79. The number of carbonyl (C=O) groups excluding carboxylic acids is 3. The molecule has 2 aromatic rings. The fraction of sp³-hybridized carbons (Fsp3) is 0.750. The second-order valence-corrected chi connectivity index (χ2v) is 18.2. The first-order valence-corrected chi connectivity index (χ1v) is 23.1. The number of hydrogen-bond acceptors (Lipinski definition) is 17. The van der Waals surface area contributed by atoms with Crippen LogP contribution in [0.3, 0.4) is 0 Å². The van der Waals surface area contributed by atoms with Crippen LogP contribution in [0.5, 0.6) is 0 Å². The molecule has 12 atom stereocenters. The van der Waals surface area contributed by atoms with Crippen molar-refractivity contribution in [2.75, 3.05) is 50.3 Å². The SMILES string of the molecule is CCC(=O)NC(COCCC(=O)CC1CCC([C@H]2OC[C@H](Nc3nccc(C(F)(F)F)n3)[C@@H](O)[C@H]2O)C1)COCCC(=O)CC1CCC([C@H]2OC[C@H](Nc3nccc(C(F)(F)F)n3)[C@@H](O)[C@H]2O)C1. The van der Waals surface area contributed by atoms with Gasteiger partial charge >= 0.3 is 12.4 Å². The van der Waals surface area contributed by atoms with Crippen LogP contribution in [0.2, 0.25) is 0 Å². The van der Waals surface area contributed by atoms with E-state index in [0.717, 1.165) is 24.5 Å². The minimum absolute atomic E-state index is 0.0176. The van der Waals surface area contributed by atoms with Crippen LogP contribution in [-0.2, 0) is 45.7 Å². The Bertz CT molecular complexity index is 1850. The molecule has 380 valence electrons. The Kier molecular flexibility index (Phi) is 18.9. The van der Waals surface area contributed by atoms with Gasteiger partial charge in [0.15, 0.2) is 0 Å². The van der Waals surface area contributed by atoms with E-state index in [1.54, 1.807) is 6.92 Å². The molecule has 0 bridgehead atoms. The average Bonchev–Trinajstić information content (AvgIpc) is 3.96. The van der Waals surface area contributed by atoms with Gasteiger partial charge in [-0.1, -0.05) is 6.92 Å². The quantitative estimate of drug-likeness (QED) is 0.0660. The molecule has 0 radical (unpaired) electrons. The van der Waals surface area contributed by atoms with Crippen molar-refractivity contribution in [1.29, 1.82) is 0 Å². The number of ketones is 2. The average molecular weight is 978 g/mol. The molecule has 6 rings (SSSR count). The summed E-state index contributed by atoms with van der Waals surface area (Å²) in [6.07, 6.45) is -9.49. The van der Waals surface area contributed by atoms with Gasteiger partial charge in [-0.25, -0.2) is 19.9 Å². The molecule has 24 heteroatoms. The number of nitrogens with one attached hydrogen (secondary N) is 3. The first-order chi connectivity index (χ1) is 32.3. The third-order valence-corrected chi connectivity index (χ3v) is 13.2. The second kappa shape index (κ2) is 24.1. The van der Waals surface area contributed by atoms with Gasteiger partial charge in [0.25, 0.3) is 0 Å². The molecule has 2 aliphatic carbocycles. The molecule has 68 heavy (non-hydrogen) atoms. The highest BCUT2D eigenvalue weighted by Crippen LogP contribution is 2.41. The van der Waals surface area contributed by atoms with Gasteiger partial charge in [0.05, 0.1) is 70.0 Å². The van der Waals surface area contributed by atoms with E-state index >= 15 is 0 Å². The molecule has 18 nitrogen and oxygen atoms in total. The maximum absolute atomic E-state index is 13.1. The van der Waals surface area contributed by atoms with Crippen molar-refractivity contribution in [1.82, 2.24) is 25.3 Å². The summed E-state index contributed by atoms with van der Waals surface area (Å²) in [4.78, 5) is 52.5. The lowest BCUT2D eigenvalue weighted by Crippen LogP contribution is -2.57. The predicted octanol–water partition coefficient (Wildman–Crippen LogP) is 3.27. The second-order valence-electron chi connectivity index (χ2n) is 18.2. The molecule has 2 saturated heterocycles. The van der Waals surface area contributed by atoms with E-state index in [0.29, 0.717) is 38.5 Å². The Hall–Kier alpha value is -4.17. The fourth-order valence-electron chi connectivity index (χ4n) is 9.60. The number of aliphatic hydroxyl groups excluding tert-OH is 4. The minimum atomic E-state index is -4.68. The van der Waals surface area contributed by atoms with Gasteiger partial charge < -0.3 is 55.3 Å². The van der Waals surface area contributed by atoms with Crippen LogP contribution in [0.25, 0.3) is 0 Å². The predicted molar refractivity (Wildman–Crippen MR) is 226 cm³/mol. The molecule has 4 unspecified atom stereocenters. The normalized spacial score (nSPS) is 30.5. The number of hydrogen-bond donors (Lipinski definition) is 7. The minimum Gasteiger partial charge on any atom is -0.388 e. The topological polar surface area (TPSA) is 257 Å². The lowest BCUT2D eigenvalue weighted by atomic mass is 9.87. The maximum Gasteiger partial charge on any atom is 0.433 e. The summed E-state index contributed by atoms with van der Waals surface area (Å²) in [6.45, 7) is 1.81. The van der Waals surface area contributed by atoms with Gasteiger partial charge in [-0.15, -0.1) is 0 Å². The zero-order valence-electron chi connectivity index (χ0n) is 37.5. The number of anilines is 2. The highest BCUT2D eigenvalue weighted by Gasteiger charge is 2.46. The van der Waals surface area contributed by atoms with E-state index in [9.17, 15) is 61.2 Å². The number of halogens is 6. The molecule has 2 aliphatic heterocycles. The molecular formula is C44H61F6N7O11. The molecule has 0 aromatic carbocycles. The number of ether oxygens (including phenoxy) is 4. The molecular weight excluding hydrogens is 917 g/mol. The summed E-state index contributed by atoms with van der Waals surface area (Å²) >= 11 is 0. The number of amides is 1. The number of carbonyl (C=O) groups is 3. The van der Waals surface area contributed by atoms with Crippen molar-refractivity contribution < 1.29 is 80.1 Å². The first-order valence-electron chi connectivity index (χ1n) is 23.1. The summed E-state index contributed by atoms with van der Waals surface area (Å²) in [5.41, 5.74) is -2.31. The van der Waals surface area contributed by atoms with Gasteiger partial charge in [0.1, 0.15) is 47.4 Å². The largest absolute Gasteiger partial charge is 0.433 e. The van der Waals surface area contributed by atoms with Gasteiger partial charge in [-0.3, -0.25) is 14.4 Å². The van der Waals surface area contributed by atoms with Gasteiger partial charge in [-0.2, -0.15) is 26.3 Å². The number of rotatable bonds is 22. The molecule has 4 aliphatic rings. The van der Waals surface area contributed by atoms with Crippen molar-refractivity contribution in [2.24, 2.45) is 23.7 Å². The molecule has 4 heterocycles. The van der Waals surface area contributed by atoms with Gasteiger partial charge in [0.2, 0.25) is 17.8 Å². The van der Waals surface area contributed by atoms with Gasteiger partial charge in [-0.05, 0) is 74.3 Å². The third kappa shape index (κ3) is 14.9. The number of nitrogens with zero attached hydrogens (tertiary/aromatic N) is 4. The zero-order chi connectivity index (χ0) is 49.2. The molecule has 2 saturated carbocycles. The molecule has 4 fully saturated rings. The van der Waals surface area contributed by atoms with E-state index in [-0.39, 0.29) is 125 Å². The van der Waals surface area contributed by atoms with Crippen molar-refractivity contribution in [3.63, 3.8) is 0 Å². The van der Waals surface area contributed by atoms with E-state index in [2.05, 4.69) is 35.9 Å². The van der Waals surface area contributed by atoms with Gasteiger partial charge in [0, 0.05) is 44.5 Å². The third-order valence-electron chi connectivity index (χ3n) is 13.2. The number of Topliss-reactive ketones (excluding diaryl/α,β-unsaturated/α-hetero) is 2. The standard InChI is InChI=1S/C44H61F6N7O11/c1-2-34(60)53-27(19-65-13-9-28(58)17-23-3-5-25(15-23)39-37(63)35(61)30(21-67-39)54-41-51-11-7-32(56-41)43(45,46)47)20-66-14-10-29(59)18-24-4-6-26(16-24)40-38(64)36(62)31(22-68-40)55-42-52-12-8-33(57-42)44(48,49)50/h7-8,11-12,23-27,30-31,35-40,61-64H,2-6,9-10,13-22H2,1H3,(H,53,60)(H,51,54,56)(H,52,55,57)/t23?,24?,25?,26?,27?,30-,31-,35+,36+,37+,38+,39+,40+/m0/s1. The van der Waals surface area contributed by atoms with Crippen molar-refractivity contribution in [3.8, 4) is 0 Å². The van der Waals surface area contributed by atoms with Crippen LogP contribution < -0.4 is 16.0 Å². The van der Waals surface area contributed by atoms with E-state index in [1.165, 1.54) is 0 Å². The summed E-state index contributed by atoms with van der Waals surface area (Å²) < 4.78 is 102. The van der Waals surface area contributed by atoms with E-state index in [1.807, 2.05) is 0 Å². The smallest absolute Gasteiger partial charge is 0.388 e. The Balaban J connectivity index is 0.839. The Morgan fingerprint density at radius 3 is 1.51 bits per heavy atom.